The average Bonchev–Trinajstić information content (AvgIpc) is 2.60. The first-order valence-corrected chi connectivity index (χ1v) is 9.14. The van der Waals surface area contributed by atoms with Crippen LogP contribution in [0.4, 0.5) is 5.69 Å². The van der Waals surface area contributed by atoms with Crippen molar-refractivity contribution in [2.24, 2.45) is 0 Å². The number of aromatic nitrogens is 2. The SMILES string of the molecule is Cc1cccc(C)c1OC(C)N1CC(Cl)N(c2ccnnc2)CC1Cl. The van der Waals surface area contributed by atoms with Gasteiger partial charge in [0.1, 0.15) is 16.8 Å². The maximum Gasteiger partial charge on any atom is 0.151 e. The lowest BCUT2D eigenvalue weighted by Gasteiger charge is -2.44. The van der Waals surface area contributed by atoms with Gasteiger partial charge in [-0.2, -0.15) is 10.2 Å². The summed E-state index contributed by atoms with van der Waals surface area (Å²) < 4.78 is 6.22. The Morgan fingerprint density at radius 2 is 1.80 bits per heavy atom. The Hall–Kier alpha value is -1.56. The van der Waals surface area contributed by atoms with Gasteiger partial charge < -0.3 is 9.64 Å². The number of hydrogen-bond acceptors (Lipinski definition) is 5. The van der Waals surface area contributed by atoms with Crippen molar-refractivity contribution in [3.05, 3.63) is 47.8 Å². The Bertz CT molecular complexity index is 695. The van der Waals surface area contributed by atoms with Crippen molar-refractivity contribution >= 4 is 28.9 Å². The van der Waals surface area contributed by atoms with Crippen LogP contribution >= 0.6 is 23.2 Å². The van der Waals surface area contributed by atoms with Crippen molar-refractivity contribution in [1.29, 1.82) is 0 Å². The van der Waals surface area contributed by atoms with Gasteiger partial charge in [-0.25, -0.2) is 4.90 Å². The van der Waals surface area contributed by atoms with E-state index in [0.29, 0.717) is 13.1 Å². The zero-order valence-corrected chi connectivity index (χ0v) is 16.1. The van der Waals surface area contributed by atoms with Gasteiger partial charge in [-0.1, -0.05) is 29.8 Å². The van der Waals surface area contributed by atoms with Crippen LogP contribution in [0, 0.1) is 13.8 Å². The highest BCUT2D eigenvalue weighted by molar-refractivity contribution is 6.23. The van der Waals surface area contributed by atoms with E-state index in [9.17, 15) is 0 Å². The molecule has 1 saturated heterocycles. The number of aryl methyl sites for hydroxylation is 2. The second-order valence-electron chi connectivity index (χ2n) is 6.26. The van der Waals surface area contributed by atoms with Crippen molar-refractivity contribution in [2.75, 3.05) is 18.0 Å². The van der Waals surface area contributed by atoms with Gasteiger partial charge in [0.05, 0.1) is 18.1 Å². The monoisotopic (exact) mass is 380 g/mol. The number of rotatable bonds is 4. The van der Waals surface area contributed by atoms with Crippen LogP contribution in [0.25, 0.3) is 0 Å². The number of piperazine rings is 1. The Kier molecular flexibility index (Phi) is 5.67. The van der Waals surface area contributed by atoms with Crippen LogP contribution < -0.4 is 9.64 Å². The molecule has 1 aliphatic heterocycles. The summed E-state index contributed by atoms with van der Waals surface area (Å²) in [4.78, 5) is 4.12. The molecule has 2 aromatic rings. The van der Waals surface area contributed by atoms with Crippen LogP contribution in [0.3, 0.4) is 0 Å². The molecule has 0 saturated carbocycles. The van der Waals surface area contributed by atoms with E-state index in [1.54, 1.807) is 12.4 Å². The standard InChI is InChI=1S/C18H22Cl2N4O/c1-12-5-4-6-13(2)18(12)25-14(3)23-10-17(20)24(11-16(23)19)15-7-8-21-22-9-15/h4-9,14,16-17H,10-11H2,1-3H3. The molecule has 1 aliphatic rings. The van der Waals surface area contributed by atoms with Crippen molar-refractivity contribution in [1.82, 2.24) is 15.1 Å². The Labute approximate surface area is 158 Å². The largest absolute Gasteiger partial charge is 0.475 e. The highest BCUT2D eigenvalue weighted by atomic mass is 35.5. The summed E-state index contributed by atoms with van der Waals surface area (Å²) in [5, 5.41) is 7.72. The second kappa shape index (κ2) is 7.77. The van der Waals surface area contributed by atoms with Crippen LogP contribution in [0.1, 0.15) is 18.1 Å². The number of para-hydroxylation sites is 1. The normalized spacial score (nSPS) is 22.7. The van der Waals surface area contributed by atoms with E-state index in [0.717, 1.165) is 22.6 Å². The summed E-state index contributed by atoms with van der Waals surface area (Å²) in [5.74, 6) is 0.908. The summed E-state index contributed by atoms with van der Waals surface area (Å²) in [6.07, 6.45) is 3.17. The van der Waals surface area contributed by atoms with Crippen molar-refractivity contribution in [3.63, 3.8) is 0 Å². The summed E-state index contributed by atoms with van der Waals surface area (Å²) in [7, 11) is 0. The van der Waals surface area contributed by atoms with Gasteiger partial charge in [0.2, 0.25) is 0 Å². The molecule has 0 aliphatic carbocycles. The lowest BCUT2D eigenvalue weighted by atomic mass is 10.1. The summed E-state index contributed by atoms with van der Waals surface area (Å²) in [5.41, 5.74) is 2.71. The Morgan fingerprint density at radius 3 is 2.44 bits per heavy atom. The molecular formula is C18H22Cl2N4O. The molecule has 3 unspecified atom stereocenters. The van der Waals surface area contributed by atoms with Crippen LogP contribution in [-0.2, 0) is 0 Å². The fourth-order valence-corrected chi connectivity index (χ4v) is 3.83. The minimum atomic E-state index is -0.220. The van der Waals surface area contributed by atoms with Crippen LogP contribution in [0.15, 0.2) is 36.7 Å². The maximum absolute atomic E-state index is 6.64. The molecule has 0 bridgehead atoms. The minimum absolute atomic E-state index is 0.179. The third-order valence-electron chi connectivity index (χ3n) is 4.47. The summed E-state index contributed by atoms with van der Waals surface area (Å²) in [6, 6.07) is 8.01. The zero-order chi connectivity index (χ0) is 18.0. The number of halogens is 2. The second-order valence-corrected chi connectivity index (χ2v) is 7.26. The predicted molar refractivity (Wildman–Crippen MR) is 101 cm³/mol. The van der Waals surface area contributed by atoms with E-state index in [4.69, 9.17) is 27.9 Å². The number of nitrogens with zero attached hydrogens (tertiary/aromatic N) is 4. The van der Waals surface area contributed by atoms with E-state index >= 15 is 0 Å². The van der Waals surface area contributed by atoms with Crippen LogP contribution in [-0.4, -0.2) is 45.4 Å². The topological polar surface area (TPSA) is 41.5 Å². The highest BCUT2D eigenvalue weighted by Crippen LogP contribution is 2.30. The van der Waals surface area contributed by atoms with Gasteiger partial charge in [-0.05, 0) is 38.0 Å². The number of hydrogen-bond donors (Lipinski definition) is 0. The smallest absolute Gasteiger partial charge is 0.151 e. The molecular weight excluding hydrogens is 359 g/mol. The van der Waals surface area contributed by atoms with Gasteiger partial charge >= 0.3 is 0 Å². The van der Waals surface area contributed by atoms with Crippen molar-refractivity contribution in [2.45, 2.75) is 38.0 Å². The van der Waals surface area contributed by atoms with Gasteiger partial charge in [0.15, 0.2) is 6.23 Å². The zero-order valence-electron chi connectivity index (χ0n) is 14.6. The molecule has 0 N–H and O–H groups in total. The molecule has 3 atom stereocenters. The van der Waals surface area contributed by atoms with Gasteiger partial charge in [-0.3, -0.25) is 0 Å². The minimum Gasteiger partial charge on any atom is -0.475 e. The molecule has 3 rings (SSSR count). The lowest BCUT2D eigenvalue weighted by Crippen LogP contribution is -2.58. The predicted octanol–water partition coefficient (Wildman–Crippen LogP) is 3.77. The van der Waals surface area contributed by atoms with Crippen molar-refractivity contribution in [3.8, 4) is 5.75 Å². The highest BCUT2D eigenvalue weighted by Gasteiger charge is 2.35. The van der Waals surface area contributed by atoms with E-state index in [2.05, 4.69) is 15.1 Å². The molecule has 0 amide bonds. The van der Waals surface area contributed by atoms with E-state index in [-0.39, 0.29) is 17.2 Å². The number of alkyl halides is 2. The Balaban J connectivity index is 1.72. The lowest BCUT2D eigenvalue weighted by molar-refractivity contribution is 0.0196. The molecule has 1 aromatic heterocycles. The van der Waals surface area contributed by atoms with E-state index in [1.165, 1.54) is 0 Å². The number of ether oxygens (including phenoxy) is 1. The van der Waals surface area contributed by atoms with Crippen LogP contribution in [0.5, 0.6) is 5.75 Å². The quantitative estimate of drug-likeness (QED) is 0.596. The fourth-order valence-electron chi connectivity index (χ4n) is 3.09. The maximum atomic E-state index is 6.64. The molecule has 25 heavy (non-hydrogen) atoms. The molecule has 5 nitrogen and oxygen atoms in total. The molecule has 0 spiro atoms. The fraction of sp³-hybridized carbons (Fsp3) is 0.444. The molecule has 1 aromatic carbocycles. The van der Waals surface area contributed by atoms with Gasteiger partial charge in [0, 0.05) is 13.1 Å². The van der Waals surface area contributed by atoms with E-state index < -0.39 is 0 Å². The molecule has 0 radical (unpaired) electrons. The first-order chi connectivity index (χ1) is 12.0. The average molecular weight is 381 g/mol. The number of anilines is 1. The van der Waals surface area contributed by atoms with Gasteiger partial charge in [-0.15, -0.1) is 11.6 Å². The third kappa shape index (κ3) is 4.00. The molecule has 134 valence electrons. The Morgan fingerprint density at radius 1 is 1.08 bits per heavy atom. The van der Waals surface area contributed by atoms with Crippen LogP contribution in [0.2, 0.25) is 0 Å². The first-order valence-electron chi connectivity index (χ1n) is 8.27. The molecule has 2 heterocycles. The molecule has 7 heteroatoms. The molecule has 1 fully saturated rings. The van der Waals surface area contributed by atoms with Crippen molar-refractivity contribution < 1.29 is 4.74 Å². The van der Waals surface area contributed by atoms with E-state index in [1.807, 2.05) is 49.9 Å². The summed E-state index contributed by atoms with van der Waals surface area (Å²) in [6.45, 7) is 7.28. The first kappa shape index (κ1) is 18.2. The summed E-state index contributed by atoms with van der Waals surface area (Å²) >= 11 is 13.3. The van der Waals surface area contributed by atoms with Gasteiger partial charge in [0.25, 0.3) is 0 Å². The number of benzene rings is 1. The third-order valence-corrected chi connectivity index (χ3v) is 5.23.